The molecule has 0 amide bonds. The molecule has 0 radical (unpaired) electrons. The summed E-state index contributed by atoms with van der Waals surface area (Å²) in [4.78, 5) is 2.44. The molecular formula is C61H43NO. The van der Waals surface area contributed by atoms with Gasteiger partial charge in [0.1, 0.15) is 11.2 Å². The van der Waals surface area contributed by atoms with E-state index in [1.54, 1.807) is 0 Å². The molecule has 1 heterocycles. The molecule has 0 bridgehead atoms. The minimum atomic E-state index is -0.0676. The standard InChI is InChI=1S/C61H43NO/c1-61(2)53-24-10-8-19-51(53)59-48(21-12-25-54(59)61)43-33-37-47(38-34-43)62(46-35-31-42(32-36-46)40-15-4-3-5-16-40)55-26-13-22-49(58(55)45-30-29-41-17-6-7-18-44(41)39-45)50-23-14-28-57-60(50)52-20-9-11-27-56(52)63-57/h3-39H,1-2H3. The third kappa shape index (κ3) is 6.02. The number of hydrogen-bond donors (Lipinski definition) is 0. The summed E-state index contributed by atoms with van der Waals surface area (Å²) >= 11 is 0. The van der Waals surface area contributed by atoms with Crippen LogP contribution in [0.5, 0.6) is 0 Å². The van der Waals surface area contributed by atoms with Crippen molar-refractivity contribution in [2.75, 3.05) is 4.90 Å². The lowest BCUT2D eigenvalue weighted by atomic mass is 9.82. The van der Waals surface area contributed by atoms with Crippen molar-refractivity contribution < 1.29 is 4.42 Å². The highest BCUT2D eigenvalue weighted by Gasteiger charge is 2.36. The summed E-state index contributed by atoms with van der Waals surface area (Å²) in [6.07, 6.45) is 0. The average molecular weight is 806 g/mol. The molecule has 10 aromatic carbocycles. The third-order valence-corrected chi connectivity index (χ3v) is 13.3. The van der Waals surface area contributed by atoms with Crippen LogP contribution in [-0.4, -0.2) is 0 Å². The Balaban J connectivity index is 1.09. The van der Waals surface area contributed by atoms with E-state index in [2.05, 4.69) is 237 Å². The number of para-hydroxylation sites is 1. The first-order chi connectivity index (χ1) is 31.0. The summed E-state index contributed by atoms with van der Waals surface area (Å²) in [7, 11) is 0. The van der Waals surface area contributed by atoms with Gasteiger partial charge in [0.25, 0.3) is 0 Å². The predicted molar refractivity (Wildman–Crippen MR) is 265 cm³/mol. The number of nitrogens with zero attached hydrogens (tertiary/aromatic N) is 1. The van der Waals surface area contributed by atoms with Gasteiger partial charge in [-0.05, 0) is 121 Å². The number of fused-ring (bicyclic) bond motifs is 7. The molecule has 298 valence electrons. The van der Waals surface area contributed by atoms with Gasteiger partial charge >= 0.3 is 0 Å². The molecule has 63 heavy (non-hydrogen) atoms. The summed E-state index contributed by atoms with van der Waals surface area (Å²) in [6, 6.07) is 81.7. The number of hydrogen-bond acceptors (Lipinski definition) is 2. The zero-order chi connectivity index (χ0) is 42.1. The van der Waals surface area contributed by atoms with Crippen LogP contribution in [0.15, 0.2) is 229 Å². The molecule has 12 rings (SSSR count). The summed E-state index contributed by atoms with van der Waals surface area (Å²) in [5.74, 6) is 0. The highest BCUT2D eigenvalue weighted by Crippen LogP contribution is 2.53. The Morgan fingerprint density at radius 2 is 0.937 bits per heavy atom. The fraction of sp³-hybridized carbons (Fsp3) is 0.0492. The van der Waals surface area contributed by atoms with Crippen molar-refractivity contribution >= 4 is 49.8 Å². The molecule has 1 aliphatic carbocycles. The van der Waals surface area contributed by atoms with Crippen molar-refractivity contribution in [1.82, 2.24) is 0 Å². The van der Waals surface area contributed by atoms with Crippen LogP contribution in [0.4, 0.5) is 17.1 Å². The van der Waals surface area contributed by atoms with Crippen LogP contribution in [-0.2, 0) is 5.41 Å². The van der Waals surface area contributed by atoms with E-state index in [4.69, 9.17) is 4.42 Å². The van der Waals surface area contributed by atoms with Crippen LogP contribution in [0.1, 0.15) is 25.0 Å². The van der Waals surface area contributed by atoms with Crippen LogP contribution in [0.3, 0.4) is 0 Å². The second kappa shape index (κ2) is 14.6. The number of benzene rings is 10. The second-order valence-electron chi connectivity index (χ2n) is 17.2. The zero-order valence-electron chi connectivity index (χ0n) is 35.2. The second-order valence-corrected chi connectivity index (χ2v) is 17.2. The van der Waals surface area contributed by atoms with Crippen molar-refractivity contribution in [3.05, 3.63) is 236 Å². The third-order valence-electron chi connectivity index (χ3n) is 13.3. The Kier molecular flexibility index (Phi) is 8.55. The molecule has 11 aromatic rings. The monoisotopic (exact) mass is 805 g/mol. The highest BCUT2D eigenvalue weighted by atomic mass is 16.3. The van der Waals surface area contributed by atoms with E-state index in [1.807, 2.05) is 6.07 Å². The Morgan fingerprint density at radius 1 is 0.365 bits per heavy atom. The van der Waals surface area contributed by atoms with E-state index in [9.17, 15) is 0 Å². The highest BCUT2D eigenvalue weighted by molar-refractivity contribution is 6.15. The van der Waals surface area contributed by atoms with E-state index in [0.717, 1.165) is 61.3 Å². The first kappa shape index (κ1) is 36.9. The van der Waals surface area contributed by atoms with Gasteiger partial charge in [-0.25, -0.2) is 0 Å². The lowest BCUT2D eigenvalue weighted by molar-refractivity contribution is 0.660. The van der Waals surface area contributed by atoms with Crippen LogP contribution in [0.25, 0.3) is 88.3 Å². The minimum Gasteiger partial charge on any atom is -0.456 e. The predicted octanol–water partition coefficient (Wildman–Crippen LogP) is 17.2. The van der Waals surface area contributed by atoms with Crippen molar-refractivity contribution in [3.63, 3.8) is 0 Å². The number of furan rings is 1. The molecule has 2 nitrogen and oxygen atoms in total. The number of anilines is 3. The van der Waals surface area contributed by atoms with E-state index >= 15 is 0 Å². The lowest BCUT2D eigenvalue weighted by Gasteiger charge is -2.30. The molecule has 0 atom stereocenters. The molecule has 0 saturated heterocycles. The molecule has 0 N–H and O–H groups in total. The molecular weight excluding hydrogens is 763 g/mol. The van der Waals surface area contributed by atoms with Gasteiger partial charge in [0.2, 0.25) is 0 Å². The first-order valence-electron chi connectivity index (χ1n) is 21.8. The van der Waals surface area contributed by atoms with Crippen molar-refractivity contribution in [3.8, 4) is 55.6 Å². The van der Waals surface area contributed by atoms with Crippen LogP contribution in [0.2, 0.25) is 0 Å². The first-order valence-corrected chi connectivity index (χ1v) is 21.8. The van der Waals surface area contributed by atoms with Gasteiger partial charge in [0.15, 0.2) is 0 Å². The largest absolute Gasteiger partial charge is 0.456 e. The fourth-order valence-electron chi connectivity index (χ4n) is 10.2. The van der Waals surface area contributed by atoms with E-state index in [0.29, 0.717) is 0 Å². The Hall–Kier alpha value is -7.94. The van der Waals surface area contributed by atoms with E-state index in [-0.39, 0.29) is 5.41 Å². The maximum absolute atomic E-state index is 6.48. The molecule has 0 unspecified atom stereocenters. The quantitative estimate of drug-likeness (QED) is 0.160. The van der Waals surface area contributed by atoms with E-state index in [1.165, 1.54) is 55.3 Å². The van der Waals surface area contributed by atoms with E-state index < -0.39 is 0 Å². The summed E-state index contributed by atoms with van der Waals surface area (Å²) in [5, 5.41) is 4.65. The summed E-state index contributed by atoms with van der Waals surface area (Å²) in [5.41, 5.74) is 19.8. The van der Waals surface area contributed by atoms with Crippen molar-refractivity contribution in [2.45, 2.75) is 19.3 Å². The van der Waals surface area contributed by atoms with Crippen LogP contribution >= 0.6 is 0 Å². The van der Waals surface area contributed by atoms with Gasteiger partial charge in [-0.15, -0.1) is 0 Å². The summed E-state index contributed by atoms with van der Waals surface area (Å²) < 4.78 is 6.48. The Morgan fingerprint density at radius 3 is 1.76 bits per heavy atom. The molecule has 0 spiro atoms. The van der Waals surface area contributed by atoms with Crippen molar-refractivity contribution in [1.29, 1.82) is 0 Å². The summed E-state index contributed by atoms with van der Waals surface area (Å²) in [6.45, 7) is 4.70. The molecule has 0 fully saturated rings. The molecule has 1 aliphatic rings. The lowest BCUT2D eigenvalue weighted by Crippen LogP contribution is -2.14. The molecule has 2 heteroatoms. The smallest absolute Gasteiger partial charge is 0.136 e. The normalized spacial score (nSPS) is 12.7. The van der Waals surface area contributed by atoms with Gasteiger partial charge in [0.05, 0.1) is 5.69 Å². The Labute approximate surface area is 368 Å². The maximum atomic E-state index is 6.48. The molecule has 1 aromatic heterocycles. The van der Waals surface area contributed by atoms with Gasteiger partial charge < -0.3 is 9.32 Å². The van der Waals surface area contributed by atoms with Gasteiger partial charge in [-0.2, -0.15) is 0 Å². The van der Waals surface area contributed by atoms with Gasteiger partial charge in [-0.3, -0.25) is 0 Å². The maximum Gasteiger partial charge on any atom is 0.136 e. The topological polar surface area (TPSA) is 16.4 Å². The zero-order valence-corrected chi connectivity index (χ0v) is 35.2. The Bertz CT molecular complexity index is 3520. The van der Waals surface area contributed by atoms with Crippen LogP contribution in [0, 0.1) is 0 Å². The SMILES string of the molecule is CC1(C)c2ccccc2-c2c(-c3ccc(N(c4ccc(-c5ccccc5)cc4)c4cccc(-c5cccc6oc7ccccc7c56)c4-c4ccc5ccccc5c4)cc3)cccc21. The fourth-order valence-corrected chi connectivity index (χ4v) is 10.2. The molecule has 0 saturated carbocycles. The number of rotatable bonds is 7. The minimum absolute atomic E-state index is 0.0676. The van der Waals surface area contributed by atoms with Gasteiger partial charge in [-0.1, -0.05) is 190 Å². The van der Waals surface area contributed by atoms with Gasteiger partial charge in [0, 0.05) is 33.1 Å². The molecule has 0 aliphatic heterocycles. The van der Waals surface area contributed by atoms with Crippen LogP contribution < -0.4 is 4.90 Å². The van der Waals surface area contributed by atoms with Crippen molar-refractivity contribution in [2.24, 2.45) is 0 Å². The average Bonchev–Trinajstić information content (AvgIpc) is 3.84.